The van der Waals surface area contributed by atoms with Crippen molar-refractivity contribution in [2.45, 2.75) is 25.2 Å². The lowest BCUT2D eigenvalue weighted by Gasteiger charge is -2.38. The number of hydrogen-bond acceptors (Lipinski definition) is 4. The van der Waals surface area contributed by atoms with Gasteiger partial charge in [-0.25, -0.2) is 0 Å². The number of likely N-dealkylation sites (tertiary alicyclic amines) is 1. The molecule has 0 saturated carbocycles. The van der Waals surface area contributed by atoms with Crippen molar-refractivity contribution in [2.75, 3.05) is 25.5 Å². The van der Waals surface area contributed by atoms with Gasteiger partial charge in [-0.2, -0.15) is 10.5 Å². The molecule has 2 rings (SSSR count). The SMILES string of the molecule is CN1CCC(C)(c2ccc(NC=C(C#N)C#N)cc2)CC1. The van der Waals surface area contributed by atoms with Crippen LogP contribution in [0.4, 0.5) is 5.69 Å². The van der Waals surface area contributed by atoms with E-state index in [9.17, 15) is 0 Å². The van der Waals surface area contributed by atoms with Crippen molar-refractivity contribution < 1.29 is 0 Å². The summed E-state index contributed by atoms with van der Waals surface area (Å²) in [6.45, 7) is 4.59. The molecule has 4 nitrogen and oxygen atoms in total. The van der Waals surface area contributed by atoms with Crippen LogP contribution < -0.4 is 5.32 Å². The predicted molar refractivity (Wildman–Crippen MR) is 83.5 cm³/mol. The molecule has 0 amide bonds. The zero-order chi connectivity index (χ0) is 15.3. The van der Waals surface area contributed by atoms with Crippen LogP contribution in [0, 0.1) is 22.7 Å². The summed E-state index contributed by atoms with van der Waals surface area (Å²) in [5.41, 5.74) is 2.55. The topological polar surface area (TPSA) is 62.9 Å². The second-order valence-electron chi connectivity index (χ2n) is 5.87. The zero-order valence-electron chi connectivity index (χ0n) is 12.6. The van der Waals surface area contributed by atoms with Gasteiger partial charge < -0.3 is 10.2 Å². The highest BCUT2D eigenvalue weighted by Crippen LogP contribution is 2.35. The summed E-state index contributed by atoms with van der Waals surface area (Å²) < 4.78 is 0. The second-order valence-corrected chi connectivity index (χ2v) is 5.87. The van der Waals surface area contributed by atoms with Crippen molar-refractivity contribution in [2.24, 2.45) is 0 Å². The zero-order valence-corrected chi connectivity index (χ0v) is 12.6. The van der Waals surface area contributed by atoms with Crippen LogP contribution in [0.2, 0.25) is 0 Å². The molecule has 21 heavy (non-hydrogen) atoms. The Labute approximate surface area is 126 Å². The van der Waals surface area contributed by atoms with Gasteiger partial charge in [0, 0.05) is 11.9 Å². The molecule has 1 aromatic carbocycles. The highest BCUT2D eigenvalue weighted by atomic mass is 15.1. The maximum atomic E-state index is 8.69. The third kappa shape index (κ3) is 3.62. The van der Waals surface area contributed by atoms with Gasteiger partial charge in [0.2, 0.25) is 0 Å². The van der Waals surface area contributed by atoms with Crippen molar-refractivity contribution in [3.63, 3.8) is 0 Å². The van der Waals surface area contributed by atoms with E-state index in [4.69, 9.17) is 10.5 Å². The molecule has 1 heterocycles. The smallest absolute Gasteiger partial charge is 0.145 e. The molecule has 1 aromatic rings. The van der Waals surface area contributed by atoms with Crippen molar-refractivity contribution in [3.8, 4) is 12.1 Å². The van der Waals surface area contributed by atoms with Crippen LogP contribution in [0.5, 0.6) is 0 Å². The molecular weight excluding hydrogens is 260 g/mol. The minimum atomic E-state index is 0.0707. The number of nitriles is 2. The van der Waals surface area contributed by atoms with E-state index in [1.807, 2.05) is 24.3 Å². The van der Waals surface area contributed by atoms with E-state index < -0.39 is 0 Å². The summed E-state index contributed by atoms with van der Waals surface area (Å²) in [4.78, 5) is 2.37. The summed E-state index contributed by atoms with van der Waals surface area (Å²) in [6, 6.07) is 11.9. The fourth-order valence-electron chi connectivity index (χ4n) is 2.61. The third-order valence-electron chi connectivity index (χ3n) is 4.30. The van der Waals surface area contributed by atoms with E-state index in [1.54, 1.807) is 0 Å². The number of anilines is 1. The van der Waals surface area contributed by atoms with E-state index in [0.717, 1.165) is 18.8 Å². The molecule has 4 heteroatoms. The Kier molecular flexibility index (Phi) is 4.62. The maximum Gasteiger partial charge on any atom is 0.145 e. The molecule has 0 bridgehead atoms. The average molecular weight is 280 g/mol. The van der Waals surface area contributed by atoms with Crippen LogP contribution in [-0.4, -0.2) is 25.0 Å². The number of nitrogens with zero attached hydrogens (tertiary/aromatic N) is 3. The van der Waals surface area contributed by atoms with Crippen LogP contribution >= 0.6 is 0 Å². The van der Waals surface area contributed by atoms with Gasteiger partial charge in [-0.05, 0) is 56.1 Å². The molecular formula is C17H20N4. The fraction of sp³-hybridized carbons (Fsp3) is 0.412. The monoisotopic (exact) mass is 280 g/mol. The van der Waals surface area contributed by atoms with Crippen molar-refractivity contribution >= 4 is 5.69 Å². The molecule has 0 atom stereocenters. The highest BCUT2D eigenvalue weighted by Gasteiger charge is 2.30. The van der Waals surface area contributed by atoms with Gasteiger partial charge in [-0.3, -0.25) is 0 Å². The largest absolute Gasteiger partial charge is 0.360 e. The Morgan fingerprint density at radius 2 is 1.76 bits per heavy atom. The van der Waals surface area contributed by atoms with E-state index in [-0.39, 0.29) is 11.0 Å². The Morgan fingerprint density at radius 1 is 1.19 bits per heavy atom. The normalized spacial score (nSPS) is 17.3. The standard InChI is InChI=1S/C17H20N4/c1-17(7-9-21(2)10-8-17)15-3-5-16(6-4-15)20-13-14(11-18)12-19/h3-6,13,20H,7-10H2,1-2H3. The number of allylic oxidation sites excluding steroid dienone is 1. The van der Waals surface area contributed by atoms with Crippen molar-refractivity contribution in [1.29, 1.82) is 10.5 Å². The molecule has 0 spiro atoms. The van der Waals surface area contributed by atoms with Gasteiger partial charge in [-0.1, -0.05) is 19.1 Å². The first-order valence-electron chi connectivity index (χ1n) is 7.13. The first-order valence-corrected chi connectivity index (χ1v) is 7.13. The Balaban J connectivity index is 2.08. The fourth-order valence-corrected chi connectivity index (χ4v) is 2.61. The van der Waals surface area contributed by atoms with Crippen LogP contribution in [-0.2, 0) is 5.41 Å². The summed E-state index contributed by atoms with van der Waals surface area (Å²) in [5, 5.41) is 20.4. The molecule has 1 saturated heterocycles. The third-order valence-corrected chi connectivity index (χ3v) is 4.30. The maximum absolute atomic E-state index is 8.69. The number of nitrogens with one attached hydrogen (secondary N) is 1. The van der Waals surface area contributed by atoms with E-state index in [1.165, 1.54) is 24.6 Å². The number of hydrogen-bond donors (Lipinski definition) is 1. The lowest BCUT2D eigenvalue weighted by atomic mass is 9.74. The Morgan fingerprint density at radius 3 is 2.29 bits per heavy atom. The minimum absolute atomic E-state index is 0.0707. The first-order chi connectivity index (χ1) is 10.1. The molecule has 0 unspecified atom stereocenters. The number of rotatable bonds is 3. The van der Waals surface area contributed by atoms with Crippen LogP contribution in [0.3, 0.4) is 0 Å². The van der Waals surface area contributed by atoms with Crippen LogP contribution in [0.15, 0.2) is 36.0 Å². The highest BCUT2D eigenvalue weighted by molar-refractivity contribution is 5.50. The lowest BCUT2D eigenvalue weighted by Crippen LogP contribution is -2.38. The van der Waals surface area contributed by atoms with Gasteiger partial charge in [-0.15, -0.1) is 0 Å². The molecule has 0 aromatic heterocycles. The lowest BCUT2D eigenvalue weighted by molar-refractivity contribution is 0.200. The Bertz CT molecular complexity index is 577. The second kappa shape index (κ2) is 6.43. The predicted octanol–water partition coefficient (Wildman–Crippen LogP) is 3.01. The van der Waals surface area contributed by atoms with Gasteiger partial charge in [0.1, 0.15) is 17.7 Å². The summed E-state index contributed by atoms with van der Waals surface area (Å²) in [5.74, 6) is 0. The molecule has 1 aliphatic rings. The molecule has 0 aliphatic carbocycles. The van der Waals surface area contributed by atoms with Crippen LogP contribution in [0.1, 0.15) is 25.3 Å². The molecule has 0 radical (unpaired) electrons. The Hall–Kier alpha value is -2.30. The van der Waals surface area contributed by atoms with Crippen LogP contribution in [0.25, 0.3) is 0 Å². The van der Waals surface area contributed by atoms with Crippen molar-refractivity contribution in [3.05, 3.63) is 41.6 Å². The van der Waals surface area contributed by atoms with Gasteiger partial charge in [0.05, 0.1) is 0 Å². The van der Waals surface area contributed by atoms with E-state index in [0.29, 0.717) is 0 Å². The number of benzene rings is 1. The van der Waals surface area contributed by atoms with Crippen molar-refractivity contribution in [1.82, 2.24) is 4.90 Å². The van der Waals surface area contributed by atoms with Gasteiger partial charge >= 0.3 is 0 Å². The molecule has 1 fully saturated rings. The molecule has 1 N–H and O–H groups in total. The van der Waals surface area contributed by atoms with E-state index in [2.05, 4.69) is 36.3 Å². The number of piperidine rings is 1. The summed E-state index contributed by atoms with van der Waals surface area (Å²) in [7, 11) is 2.17. The molecule has 108 valence electrons. The minimum Gasteiger partial charge on any atom is -0.360 e. The average Bonchev–Trinajstić information content (AvgIpc) is 2.52. The van der Waals surface area contributed by atoms with E-state index >= 15 is 0 Å². The van der Waals surface area contributed by atoms with Gasteiger partial charge in [0.25, 0.3) is 0 Å². The first kappa shape index (κ1) is 15.1. The molecule has 1 aliphatic heterocycles. The summed E-state index contributed by atoms with van der Waals surface area (Å²) >= 11 is 0. The van der Waals surface area contributed by atoms with Gasteiger partial charge in [0.15, 0.2) is 0 Å². The quantitative estimate of drug-likeness (QED) is 0.864. The summed E-state index contributed by atoms with van der Waals surface area (Å²) in [6.07, 6.45) is 3.78.